The van der Waals surface area contributed by atoms with E-state index in [0.29, 0.717) is 29.6 Å². The molecule has 3 N–H and O–H groups in total. The van der Waals surface area contributed by atoms with Crippen LogP contribution in [0, 0.1) is 11.8 Å². The number of morpholine rings is 1. The Hall–Kier alpha value is -4.17. The smallest absolute Gasteiger partial charge is 0.311 e. The molecule has 1 aromatic heterocycles. The van der Waals surface area contributed by atoms with Crippen molar-refractivity contribution in [3.63, 3.8) is 0 Å². The van der Waals surface area contributed by atoms with Gasteiger partial charge in [0.1, 0.15) is 0 Å². The number of nitrogens with zero attached hydrogens (tertiary/aromatic N) is 4. The quantitative estimate of drug-likeness (QED) is 0.188. The minimum Gasteiger partial charge on any atom is -0.379 e. The molecule has 2 amide bonds. The fraction of sp³-hybridized carbons (Fsp3) is 0.342. The molecule has 0 unspecified atom stereocenters. The average Bonchev–Trinajstić information content (AvgIpc) is 3.47. The van der Waals surface area contributed by atoms with Crippen LogP contribution >= 0.6 is 23.2 Å². The molecular weight excluding hydrogens is 659 g/mol. The van der Waals surface area contributed by atoms with Crippen molar-refractivity contribution < 1.29 is 14.3 Å². The van der Waals surface area contributed by atoms with Gasteiger partial charge in [-0.2, -0.15) is 5.10 Å². The number of benzene rings is 3. The number of halogens is 2. The number of hydrogen-bond acceptors (Lipinski definition) is 6. The van der Waals surface area contributed by atoms with Crippen molar-refractivity contribution in [2.24, 2.45) is 5.73 Å². The highest BCUT2D eigenvalue weighted by atomic mass is 35.5. The summed E-state index contributed by atoms with van der Waals surface area (Å²) in [5.41, 5.74) is 12.8. The van der Waals surface area contributed by atoms with Crippen LogP contribution in [0.5, 0.6) is 0 Å². The topological polar surface area (TPSA) is 106 Å². The molecule has 3 heterocycles. The van der Waals surface area contributed by atoms with Gasteiger partial charge in [0.2, 0.25) is 0 Å². The highest BCUT2D eigenvalue weighted by Crippen LogP contribution is 2.32. The second kappa shape index (κ2) is 16.0. The first-order valence-corrected chi connectivity index (χ1v) is 17.4. The first-order chi connectivity index (χ1) is 23.7. The lowest BCUT2D eigenvalue weighted by atomic mass is 9.99. The molecule has 2 aliphatic heterocycles. The van der Waals surface area contributed by atoms with E-state index in [1.807, 2.05) is 54.6 Å². The molecule has 0 radical (unpaired) electrons. The molecule has 1 atom stereocenters. The van der Waals surface area contributed by atoms with Crippen LogP contribution in [-0.2, 0) is 46.9 Å². The predicted octanol–water partition coefficient (Wildman–Crippen LogP) is 5.03. The maximum Gasteiger partial charge on any atom is 0.311 e. The molecule has 0 aliphatic carbocycles. The molecule has 1 fully saturated rings. The van der Waals surface area contributed by atoms with Crippen molar-refractivity contribution in [1.82, 2.24) is 24.9 Å². The molecule has 1 saturated heterocycles. The monoisotopic (exact) mass is 698 g/mol. The normalized spacial score (nSPS) is 16.1. The SMILES string of the molecule is C[C@H]1COCCN1CCCn1nc(-c2ccc(Cl)c(C#Cc3ccc(CNCc4ccc(Cl)cc4)cc3)c2)c2c1CCN(C(=O)C(N)=O)C2. The van der Waals surface area contributed by atoms with E-state index in [1.165, 1.54) is 10.5 Å². The molecule has 4 aromatic rings. The Morgan fingerprint density at radius 1 is 0.980 bits per heavy atom. The van der Waals surface area contributed by atoms with E-state index in [1.54, 1.807) is 0 Å². The number of aromatic nitrogens is 2. The maximum absolute atomic E-state index is 12.6. The highest BCUT2D eigenvalue weighted by Gasteiger charge is 2.30. The molecule has 6 rings (SSSR count). The lowest BCUT2D eigenvalue weighted by Gasteiger charge is -2.33. The molecule has 0 saturated carbocycles. The fourth-order valence-electron chi connectivity index (χ4n) is 6.32. The summed E-state index contributed by atoms with van der Waals surface area (Å²) < 4.78 is 7.66. The van der Waals surface area contributed by atoms with Crippen LogP contribution < -0.4 is 11.1 Å². The molecule has 254 valence electrons. The number of nitrogens with one attached hydrogen (secondary N) is 1. The first-order valence-electron chi connectivity index (χ1n) is 16.6. The van der Waals surface area contributed by atoms with Crippen molar-refractivity contribution in [2.75, 3.05) is 32.8 Å². The van der Waals surface area contributed by atoms with Gasteiger partial charge >= 0.3 is 11.8 Å². The number of nitrogens with two attached hydrogens (primary N) is 1. The molecule has 49 heavy (non-hydrogen) atoms. The number of amides is 2. The van der Waals surface area contributed by atoms with Crippen LogP contribution in [0.25, 0.3) is 11.3 Å². The first kappa shape index (κ1) is 34.7. The summed E-state index contributed by atoms with van der Waals surface area (Å²) in [6.07, 6.45) is 1.51. The summed E-state index contributed by atoms with van der Waals surface area (Å²) in [4.78, 5) is 28.3. The Morgan fingerprint density at radius 3 is 2.43 bits per heavy atom. The number of carbonyl (C=O) groups excluding carboxylic acids is 2. The number of aryl methyl sites for hydroxylation is 1. The minimum atomic E-state index is -0.955. The van der Waals surface area contributed by atoms with Crippen LogP contribution in [0.1, 0.15) is 46.9 Å². The van der Waals surface area contributed by atoms with E-state index in [2.05, 4.69) is 45.8 Å². The fourth-order valence-corrected chi connectivity index (χ4v) is 6.61. The van der Waals surface area contributed by atoms with Gasteiger partial charge in [0.25, 0.3) is 0 Å². The molecule has 0 bridgehead atoms. The van der Waals surface area contributed by atoms with Crippen molar-refractivity contribution >= 4 is 35.0 Å². The zero-order valence-corrected chi connectivity index (χ0v) is 29.1. The number of primary amides is 1. The summed E-state index contributed by atoms with van der Waals surface area (Å²) in [5, 5.41) is 9.79. The lowest BCUT2D eigenvalue weighted by molar-refractivity contribution is -0.144. The average molecular weight is 700 g/mol. The Bertz CT molecular complexity index is 1860. The van der Waals surface area contributed by atoms with Gasteiger partial charge in [-0.15, -0.1) is 0 Å². The van der Waals surface area contributed by atoms with Crippen molar-refractivity contribution in [2.45, 2.75) is 52.0 Å². The van der Waals surface area contributed by atoms with Gasteiger partial charge in [-0.1, -0.05) is 65.4 Å². The molecule has 0 spiro atoms. The van der Waals surface area contributed by atoms with Gasteiger partial charge in [0.05, 0.1) is 30.5 Å². The van der Waals surface area contributed by atoms with Gasteiger partial charge in [-0.05, 0) is 60.9 Å². The van der Waals surface area contributed by atoms with Crippen LogP contribution in [-0.4, -0.2) is 70.3 Å². The van der Waals surface area contributed by atoms with Crippen LogP contribution in [0.2, 0.25) is 10.0 Å². The molecular formula is C38H40Cl2N6O3. The number of fused-ring (bicyclic) bond motifs is 1. The number of hydrogen-bond donors (Lipinski definition) is 2. The van der Waals surface area contributed by atoms with Crippen LogP contribution in [0.15, 0.2) is 66.7 Å². The summed E-state index contributed by atoms with van der Waals surface area (Å²) >= 11 is 12.6. The van der Waals surface area contributed by atoms with E-state index in [0.717, 1.165) is 91.0 Å². The highest BCUT2D eigenvalue weighted by molar-refractivity contribution is 6.34. The molecule has 2 aliphatic rings. The maximum atomic E-state index is 12.6. The largest absolute Gasteiger partial charge is 0.379 e. The van der Waals surface area contributed by atoms with E-state index in [-0.39, 0.29) is 6.54 Å². The molecule has 3 aromatic carbocycles. The number of rotatable bonds is 9. The Morgan fingerprint density at radius 2 is 1.71 bits per heavy atom. The third kappa shape index (κ3) is 8.71. The van der Waals surface area contributed by atoms with Gasteiger partial charge in [0.15, 0.2) is 0 Å². The third-order valence-electron chi connectivity index (χ3n) is 9.06. The van der Waals surface area contributed by atoms with Gasteiger partial charge < -0.3 is 20.7 Å². The summed E-state index contributed by atoms with van der Waals surface area (Å²) in [5.74, 6) is 4.86. The predicted molar refractivity (Wildman–Crippen MR) is 192 cm³/mol. The summed E-state index contributed by atoms with van der Waals surface area (Å²) in [6.45, 7) is 8.47. The summed E-state index contributed by atoms with van der Waals surface area (Å²) in [7, 11) is 0. The Kier molecular flexibility index (Phi) is 11.3. The zero-order chi connectivity index (χ0) is 34.3. The second-order valence-electron chi connectivity index (χ2n) is 12.5. The van der Waals surface area contributed by atoms with Crippen molar-refractivity contribution in [3.8, 4) is 23.1 Å². The van der Waals surface area contributed by atoms with Crippen LogP contribution in [0.4, 0.5) is 0 Å². The zero-order valence-electron chi connectivity index (χ0n) is 27.6. The van der Waals surface area contributed by atoms with Gasteiger partial charge in [0, 0.05) is 84.7 Å². The number of carbonyl (C=O) groups is 2. The van der Waals surface area contributed by atoms with Gasteiger partial charge in [-0.25, -0.2) is 0 Å². The van der Waals surface area contributed by atoms with E-state index >= 15 is 0 Å². The van der Waals surface area contributed by atoms with Crippen molar-refractivity contribution in [3.05, 3.63) is 110 Å². The van der Waals surface area contributed by atoms with E-state index < -0.39 is 11.8 Å². The Balaban J connectivity index is 1.18. The third-order valence-corrected chi connectivity index (χ3v) is 9.64. The van der Waals surface area contributed by atoms with Crippen molar-refractivity contribution in [1.29, 1.82) is 0 Å². The van der Waals surface area contributed by atoms with Crippen LogP contribution in [0.3, 0.4) is 0 Å². The molecule has 9 nitrogen and oxygen atoms in total. The standard InChI is InChI=1S/C38H40Cl2N6O3/c1-26-25-49-20-19-44(26)16-2-17-46-35-15-18-45(38(48)37(41)47)24-33(35)36(43-46)31-11-14-34(40)30(21-31)10-7-27-3-5-28(6-4-27)22-42-23-29-8-12-32(39)13-9-29/h3-6,8-9,11-14,21,26,42H,2,15-20,22-25H2,1H3,(H2,41,47)/t26-/m0/s1. The Labute approximate surface area is 297 Å². The molecule has 11 heteroatoms. The lowest BCUT2D eigenvalue weighted by Crippen LogP contribution is -2.44. The second-order valence-corrected chi connectivity index (χ2v) is 13.4. The summed E-state index contributed by atoms with van der Waals surface area (Å²) in [6, 6.07) is 22.0. The number of ether oxygens (including phenoxy) is 1. The minimum absolute atomic E-state index is 0.261. The van der Waals surface area contributed by atoms with Gasteiger partial charge in [-0.3, -0.25) is 19.2 Å². The van der Waals surface area contributed by atoms with E-state index in [4.69, 9.17) is 38.8 Å². The van der Waals surface area contributed by atoms with E-state index in [9.17, 15) is 9.59 Å².